The van der Waals surface area contributed by atoms with E-state index in [-0.39, 0.29) is 16.4 Å². The number of tetrazole rings is 1. The van der Waals surface area contributed by atoms with Crippen molar-refractivity contribution < 1.29 is 9.13 Å². The Morgan fingerprint density at radius 2 is 2.40 bits per heavy atom. The number of nitrogens with one attached hydrogen (secondary N) is 1. The van der Waals surface area contributed by atoms with Gasteiger partial charge in [-0.1, -0.05) is 18.5 Å². The number of fused-ring (bicyclic) bond motifs is 1. The summed E-state index contributed by atoms with van der Waals surface area (Å²) in [7, 11) is 0. The summed E-state index contributed by atoms with van der Waals surface area (Å²) in [6.07, 6.45) is 0.940. The molecule has 0 saturated heterocycles. The molecule has 0 radical (unpaired) electrons. The Morgan fingerprint density at radius 1 is 1.55 bits per heavy atom. The molecule has 8 heteroatoms. The molecule has 20 heavy (non-hydrogen) atoms. The topological polar surface area (TPSA) is 66.9 Å². The molecule has 3 rings (SSSR count). The minimum absolute atomic E-state index is 0.0121. The predicted molar refractivity (Wildman–Crippen MR) is 72.6 cm³/mol. The molecule has 0 fully saturated rings. The average molecular weight is 298 g/mol. The number of halogens is 2. The summed E-state index contributed by atoms with van der Waals surface area (Å²) in [5.41, 5.74) is 0.871. The van der Waals surface area contributed by atoms with Gasteiger partial charge in [-0.05, 0) is 11.6 Å². The van der Waals surface area contributed by atoms with Crippen LogP contribution in [0.3, 0.4) is 0 Å². The van der Waals surface area contributed by atoms with Crippen LogP contribution in [-0.2, 0) is 0 Å². The summed E-state index contributed by atoms with van der Waals surface area (Å²) in [6, 6.07) is 1.50. The smallest absolute Gasteiger partial charge is 0.209 e. The van der Waals surface area contributed by atoms with Crippen LogP contribution in [0.25, 0.3) is 11.4 Å². The SMILES string of the molecule is CCCN1CCOc2cc(Cl)c(F)c(-c3nn[nH]n3)c21. The van der Waals surface area contributed by atoms with Crippen LogP contribution >= 0.6 is 11.6 Å². The first-order valence-electron chi connectivity index (χ1n) is 6.36. The lowest BCUT2D eigenvalue weighted by Gasteiger charge is -2.32. The zero-order valence-corrected chi connectivity index (χ0v) is 11.6. The highest BCUT2D eigenvalue weighted by Gasteiger charge is 2.28. The van der Waals surface area contributed by atoms with Crippen LogP contribution in [0.4, 0.5) is 10.1 Å². The Morgan fingerprint density at radius 3 is 3.10 bits per heavy atom. The summed E-state index contributed by atoms with van der Waals surface area (Å²) in [5.74, 6) is 0.169. The maximum atomic E-state index is 14.4. The van der Waals surface area contributed by atoms with Crippen molar-refractivity contribution in [2.75, 3.05) is 24.6 Å². The van der Waals surface area contributed by atoms with Crippen molar-refractivity contribution in [2.45, 2.75) is 13.3 Å². The molecule has 1 aromatic heterocycles. The molecular weight excluding hydrogens is 285 g/mol. The number of hydrogen-bond donors (Lipinski definition) is 1. The summed E-state index contributed by atoms with van der Waals surface area (Å²) in [5, 5.41) is 13.5. The van der Waals surface area contributed by atoms with E-state index in [0.717, 1.165) is 13.0 Å². The first kappa shape index (κ1) is 13.1. The quantitative estimate of drug-likeness (QED) is 0.941. The number of anilines is 1. The number of hydrogen-bond acceptors (Lipinski definition) is 5. The van der Waals surface area contributed by atoms with E-state index in [1.165, 1.54) is 6.07 Å². The van der Waals surface area contributed by atoms with Gasteiger partial charge in [-0.25, -0.2) is 4.39 Å². The van der Waals surface area contributed by atoms with Crippen LogP contribution in [0, 0.1) is 5.82 Å². The molecule has 0 atom stereocenters. The first-order valence-corrected chi connectivity index (χ1v) is 6.73. The van der Waals surface area contributed by atoms with Crippen LogP contribution in [0.1, 0.15) is 13.3 Å². The Bertz CT molecular complexity index is 619. The van der Waals surface area contributed by atoms with Gasteiger partial charge in [0, 0.05) is 12.6 Å². The molecule has 0 aliphatic carbocycles. The van der Waals surface area contributed by atoms with Crippen LogP contribution in [0.5, 0.6) is 5.75 Å². The van der Waals surface area contributed by atoms with Gasteiger partial charge in [-0.3, -0.25) is 0 Å². The Labute approximate surface area is 119 Å². The number of rotatable bonds is 3. The number of aromatic nitrogens is 4. The molecule has 106 valence electrons. The molecule has 0 saturated carbocycles. The van der Waals surface area contributed by atoms with Gasteiger partial charge < -0.3 is 9.64 Å². The molecule has 0 bridgehead atoms. The fraction of sp³-hybridized carbons (Fsp3) is 0.417. The standard InChI is InChI=1S/C12H13ClFN5O/c1-2-3-19-4-5-20-8-6-7(13)10(14)9(11(8)19)12-15-17-18-16-12/h6H,2-5H2,1H3,(H,15,16,17,18). The zero-order chi connectivity index (χ0) is 14.1. The normalized spacial score (nSPS) is 14.1. The molecule has 2 aromatic rings. The van der Waals surface area contributed by atoms with E-state index < -0.39 is 5.82 Å². The molecular formula is C12H13ClFN5O. The maximum Gasteiger partial charge on any atom is 0.209 e. The maximum absolute atomic E-state index is 14.4. The molecule has 1 aliphatic rings. The van der Waals surface area contributed by atoms with Gasteiger partial charge in [-0.2, -0.15) is 5.21 Å². The number of aromatic amines is 1. The number of ether oxygens (including phenoxy) is 1. The fourth-order valence-electron chi connectivity index (χ4n) is 2.36. The van der Waals surface area contributed by atoms with Crippen molar-refractivity contribution in [3.63, 3.8) is 0 Å². The van der Waals surface area contributed by atoms with Crippen molar-refractivity contribution in [3.05, 3.63) is 16.9 Å². The van der Waals surface area contributed by atoms with Crippen LogP contribution in [-0.4, -0.2) is 40.3 Å². The first-order chi connectivity index (χ1) is 9.72. The highest BCUT2D eigenvalue weighted by atomic mass is 35.5. The van der Waals surface area contributed by atoms with Gasteiger partial charge >= 0.3 is 0 Å². The summed E-state index contributed by atoms with van der Waals surface area (Å²) < 4.78 is 20.0. The Kier molecular flexibility index (Phi) is 3.43. The molecule has 1 aromatic carbocycles. The number of benzene rings is 1. The van der Waals surface area contributed by atoms with Gasteiger partial charge in [0.1, 0.15) is 12.4 Å². The lowest BCUT2D eigenvalue weighted by molar-refractivity contribution is 0.307. The molecule has 2 heterocycles. The van der Waals surface area contributed by atoms with Gasteiger partial charge in [0.2, 0.25) is 5.82 Å². The third kappa shape index (κ3) is 2.07. The van der Waals surface area contributed by atoms with Crippen molar-refractivity contribution >= 4 is 17.3 Å². The monoisotopic (exact) mass is 297 g/mol. The van der Waals surface area contributed by atoms with E-state index in [0.29, 0.717) is 24.6 Å². The van der Waals surface area contributed by atoms with Crippen molar-refractivity contribution in [3.8, 4) is 17.1 Å². The summed E-state index contributed by atoms with van der Waals surface area (Å²) >= 11 is 5.93. The van der Waals surface area contributed by atoms with E-state index in [1.54, 1.807) is 0 Å². The van der Waals surface area contributed by atoms with E-state index >= 15 is 0 Å². The minimum atomic E-state index is -0.557. The highest BCUT2D eigenvalue weighted by molar-refractivity contribution is 6.31. The van der Waals surface area contributed by atoms with Crippen LogP contribution < -0.4 is 9.64 Å². The molecule has 1 aliphatic heterocycles. The lowest BCUT2D eigenvalue weighted by Crippen LogP contribution is -2.34. The minimum Gasteiger partial charge on any atom is -0.489 e. The largest absolute Gasteiger partial charge is 0.489 e. The average Bonchev–Trinajstić information content (AvgIpc) is 2.95. The predicted octanol–water partition coefficient (Wildman–Crippen LogP) is 2.27. The second-order valence-electron chi connectivity index (χ2n) is 4.47. The summed E-state index contributed by atoms with van der Waals surface area (Å²) in [6.45, 7) is 4.09. The molecule has 1 N–H and O–H groups in total. The second kappa shape index (κ2) is 5.24. The van der Waals surface area contributed by atoms with E-state index in [2.05, 4.69) is 32.4 Å². The molecule has 0 amide bonds. The van der Waals surface area contributed by atoms with Gasteiger partial charge in [-0.15, -0.1) is 10.2 Å². The Hall–Kier alpha value is -1.89. The van der Waals surface area contributed by atoms with Gasteiger partial charge in [0.05, 0.1) is 22.8 Å². The third-order valence-electron chi connectivity index (χ3n) is 3.15. The van der Waals surface area contributed by atoms with Crippen LogP contribution in [0.2, 0.25) is 5.02 Å². The third-order valence-corrected chi connectivity index (χ3v) is 3.43. The number of H-pyrrole nitrogens is 1. The van der Waals surface area contributed by atoms with E-state index in [9.17, 15) is 4.39 Å². The molecule has 0 unspecified atom stereocenters. The van der Waals surface area contributed by atoms with Crippen molar-refractivity contribution in [1.82, 2.24) is 20.6 Å². The molecule has 0 spiro atoms. The van der Waals surface area contributed by atoms with E-state index in [4.69, 9.17) is 16.3 Å². The highest BCUT2D eigenvalue weighted by Crippen LogP contribution is 2.44. The van der Waals surface area contributed by atoms with Gasteiger partial charge in [0.15, 0.2) is 5.82 Å². The second-order valence-corrected chi connectivity index (χ2v) is 4.87. The van der Waals surface area contributed by atoms with Gasteiger partial charge in [0.25, 0.3) is 0 Å². The zero-order valence-electron chi connectivity index (χ0n) is 10.9. The van der Waals surface area contributed by atoms with Crippen molar-refractivity contribution in [1.29, 1.82) is 0 Å². The lowest BCUT2D eigenvalue weighted by atomic mass is 10.1. The van der Waals surface area contributed by atoms with Crippen LogP contribution in [0.15, 0.2) is 6.07 Å². The Balaban J connectivity index is 2.23. The summed E-state index contributed by atoms with van der Waals surface area (Å²) in [4.78, 5) is 2.06. The fourth-order valence-corrected chi connectivity index (χ4v) is 2.55. The number of nitrogens with zero attached hydrogens (tertiary/aromatic N) is 4. The van der Waals surface area contributed by atoms with E-state index in [1.807, 2.05) is 0 Å². The van der Waals surface area contributed by atoms with Crippen molar-refractivity contribution in [2.24, 2.45) is 0 Å². The molecule has 6 nitrogen and oxygen atoms in total.